The molecule has 0 bridgehead atoms. The Morgan fingerprint density at radius 3 is 2.76 bits per heavy atom. The largest absolute Gasteiger partial charge is 0.385 e. The highest BCUT2D eigenvalue weighted by Crippen LogP contribution is 2.30. The minimum atomic E-state index is -0.622. The van der Waals surface area contributed by atoms with Crippen molar-refractivity contribution in [1.82, 2.24) is 29.4 Å². The third kappa shape index (κ3) is 4.18. The number of benzene rings is 1. The molecular formula is C20H23ClN6O2. The number of aliphatic hydroxyl groups is 1. The van der Waals surface area contributed by atoms with Crippen molar-refractivity contribution in [1.29, 1.82) is 0 Å². The minimum absolute atomic E-state index is 0.0797. The van der Waals surface area contributed by atoms with Crippen LogP contribution in [0.25, 0.3) is 0 Å². The lowest BCUT2D eigenvalue weighted by Crippen LogP contribution is -2.40. The van der Waals surface area contributed by atoms with E-state index in [-0.39, 0.29) is 11.8 Å². The molecule has 4 rings (SSSR count). The normalized spacial score (nSPS) is 16.2. The maximum atomic E-state index is 12.8. The van der Waals surface area contributed by atoms with Crippen molar-refractivity contribution >= 4 is 17.5 Å². The summed E-state index contributed by atoms with van der Waals surface area (Å²) in [6, 6.07) is 7.52. The number of nitrogens with zero attached hydrogens (tertiary/aromatic N) is 6. The first-order chi connectivity index (χ1) is 14.0. The summed E-state index contributed by atoms with van der Waals surface area (Å²) < 4.78 is 3.45. The van der Waals surface area contributed by atoms with E-state index in [9.17, 15) is 9.90 Å². The van der Waals surface area contributed by atoms with Crippen molar-refractivity contribution in [2.75, 3.05) is 13.1 Å². The van der Waals surface area contributed by atoms with Gasteiger partial charge in [0.15, 0.2) is 5.69 Å². The number of carbonyl (C=O) groups excluding carboxylic acids is 1. The van der Waals surface area contributed by atoms with E-state index < -0.39 is 6.10 Å². The van der Waals surface area contributed by atoms with Gasteiger partial charge < -0.3 is 14.6 Å². The number of aliphatic hydroxyl groups excluding tert-OH is 1. The average Bonchev–Trinajstić information content (AvgIpc) is 3.38. The van der Waals surface area contributed by atoms with Gasteiger partial charge in [0, 0.05) is 37.6 Å². The van der Waals surface area contributed by atoms with Crippen molar-refractivity contribution < 1.29 is 9.90 Å². The third-order valence-electron chi connectivity index (χ3n) is 5.44. The first kappa shape index (κ1) is 19.6. The second kappa shape index (κ2) is 8.34. The van der Waals surface area contributed by atoms with Gasteiger partial charge in [-0.25, -0.2) is 9.67 Å². The number of amides is 1. The Morgan fingerprint density at radius 1 is 1.31 bits per heavy atom. The molecule has 1 aliphatic heterocycles. The van der Waals surface area contributed by atoms with E-state index >= 15 is 0 Å². The molecule has 0 spiro atoms. The van der Waals surface area contributed by atoms with Crippen LogP contribution in [0.4, 0.5) is 0 Å². The van der Waals surface area contributed by atoms with Crippen LogP contribution in [-0.4, -0.2) is 53.5 Å². The molecule has 9 heteroatoms. The molecule has 3 heterocycles. The molecular weight excluding hydrogens is 392 g/mol. The SMILES string of the molecule is Cn1ccnc1[C@H](O)C1CCN(C(=O)c2cn(Cc3ccccc3Cl)nn2)CC1. The van der Waals surface area contributed by atoms with Crippen molar-refractivity contribution in [3.63, 3.8) is 0 Å². The maximum absolute atomic E-state index is 12.8. The second-order valence-electron chi connectivity index (χ2n) is 7.36. The van der Waals surface area contributed by atoms with Crippen LogP contribution >= 0.6 is 11.6 Å². The van der Waals surface area contributed by atoms with E-state index in [2.05, 4.69) is 15.3 Å². The lowest BCUT2D eigenvalue weighted by Gasteiger charge is -2.33. The standard InChI is InChI=1S/C20H23ClN6O2/c1-25-11-8-22-19(25)18(28)14-6-9-26(10-7-14)20(29)17-13-27(24-23-17)12-15-4-2-3-5-16(15)21/h2-5,8,11,13-14,18,28H,6-7,9-10,12H2,1H3/t18-/m1/s1. The summed E-state index contributed by atoms with van der Waals surface area (Å²) in [7, 11) is 1.87. The first-order valence-electron chi connectivity index (χ1n) is 9.61. The Bertz CT molecular complexity index is 992. The summed E-state index contributed by atoms with van der Waals surface area (Å²) in [4.78, 5) is 18.8. The fourth-order valence-electron chi connectivity index (χ4n) is 3.73. The fourth-order valence-corrected chi connectivity index (χ4v) is 3.92. The van der Waals surface area contributed by atoms with Crippen LogP contribution in [-0.2, 0) is 13.6 Å². The van der Waals surface area contributed by atoms with Gasteiger partial charge in [0.25, 0.3) is 5.91 Å². The van der Waals surface area contributed by atoms with E-state index in [4.69, 9.17) is 11.6 Å². The predicted molar refractivity (Wildman–Crippen MR) is 107 cm³/mol. The number of aromatic nitrogens is 5. The van der Waals surface area contributed by atoms with Crippen molar-refractivity contribution in [3.8, 4) is 0 Å². The monoisotopic (exact) mass is 414 g/mol. The Kier molecular flexibility index (Phi) is 5.64. The zero-order valence-electron chi connectivity index (χ0n) is 16.1. The van der Waals surface area contributed by atoms with Gasteiger partial charge >= 0.3 is 0 Å². The van der Waals surface area contributed by atoms with E-state index in [1.165, 1.54) is 0 Å². The topological polar surface area (TPSA) is 89.1 Å². The van der Waals surface area contributed by atoms with Gasteiger partial charge in [-0.1, -0.05) is 35.0 Å². The molecule has 0 aliphatic carbocycles. The Labute approximate surface area is 173 Å². The smallest absolute Gasteiger partial charge is 0.276 e. The molecule has 152 valence electrons. The lowest BCUT2D eigenvalue weighted by molar-refractivity contribution is 0.0417. The minimum Gasteiger partial charge on any atom is -0.385 e. The van der Waals surface area contributed by atoms with Crippen LogP contribution in [0.5, 0.6) is 0 Å². The van der Waals surface area contributed by atoms with Gasteiger partial charge in [-0.15, -0.1) is 5.10 Å². The van der Waals surface area contributed by atoms with Crippen molar-refractivity contribution in [2.24, 2.45) is 13.0 Å². The van der Waals surface area contributed by atoms with Gasteiger partial charge in [-0.3, -0.25) is 4.79 Å². The number of aryl methyl sites for hydroxylation is 1. The highest BCUT2D eigenvalue weighted by Gasteiger charge is 2.31. The molecule has 29 heavy (non-hydrogen) atoms. The highest BCUT2D eigenvalue weighted by molar-refractivity contribution is 6.31. The number of hydrogen-bond donors (Lipinski definition) is 1. The average molecular weight is 415 g/mol. The molecule has 1 saturated heterocycles. The third-order valence-corrected chi connectivity index (χ3v) is 5.81. The Balaban J connectivity index is 1.36. The molecule has 1 atom stereocenters. The molecule has 1 fully saturated rings. The van der Waals surface area contributed by atoms with Crippen molar-refractivity contribution in [2.45, 2.75) is 25.5 Å². The molecule has 8 nitrogen and oxygen atoms in total. The molecule has 1 aromatic carbocycles. The fraction of sp³-hybridized carbons (Fsp3) is 0.400. The molecule has 1 aliphatic rings. The number of piperidine rings is 1. The van der Waals surface area contributed by atoms with E-state index in [0.29, 0.717) is 49.0 Å². The number of hydrogen-bond acceptors (Lipinski definition) is 5. The number of likely N-dealkylation sites (tertiary alicyclic amines) is 1. The van der Waals surface area contributed by atoms with Gasteiger partial charge in [0.1, 0.15) is 11.9 Å². The lowest BCUT2D eigenvalue weighted by atomic mass is 9.90. The molecule has 3 aromatic rings. The van der Waals surface area contributed by atoms with E-state index in [0.717, 1.165) is 5.56 Å². The summed E-state index contributed by atoms with van der Waals surface area (Å²) in [6.45, 7) is 1.60. The quantitative estimate of drug-likeness (QED) is 0.692. The number of imidazole rings is 1. The van der Waals surface area contributed by atoms with E-state index in [1.54, 1.807) is 22.0 Å². The predicted octanol–water partition coefficient (Wildman–Crippen LogP) is 2.30. The molecule has 2 aromatic heterocycles. The van der Waals surface area contributed by atoms with Crippen LogP contribution in [0, 0.1) is 5.92 Å². The summed E-state index contributed by atoms with van der Waals surface area (Å²) >= 11 is 6.19. The Hall–Kier alpha value is -2.71. The summed E-state index contributed by atoms with van der Waals surface area (Å²) in [5.41, 5.74) is 1.24. The second-order valence-corrected chi connectivity index (χ2v) is 7.77. The summed E-state index contributed by atoms with van der Waals surface area (Å²) in [5.74, 6) is 0.605. The summed E-state index contributed by atoms with van der Waals surface area (Å²) in [6.07, 6.45) is 5.97. The zero-order valence-corrected chi connectivity index (χ0v) is 16.9. The number of carbonyl (C=O) groups is 1. The first-order valence-corrected chi connectivity index (χ1v) is 9.99. The van der Waals surface area contributed by atoms with E-state index in [1.807, 2.05) is 42.1 Å². The summed E-state index contributed by atoms with van der Waals surface area (Å²) in [5, 5.41) is 19.4. The van der Waals surface area contributed by atoms with Crippen LogP contribution in [0.2, 0.25) is 5.02 Å². The van der Waals surface area contributed by atoms with Crippen LogP contribution in [0.1, 0.15) is 40.8 Å². The van der Waals surface area contributed by atoms with Crippen LogP contribution in [0.3, 0.4) is 0 Å². The maximum Gasteiger partial charge on any atom is 0.276 e. The molecule has 0 unspecified atom stereocenters. The highest BCUT2D eigenvalue weighted by atomic mass is 35.5. The van der Waals surface area contributed by atoms with Gasteiger partial charge in [-0.05, 0) is 30.4 Å². The van der Waals surface area contributed by atoms with Gasteiger partial charge in [0.2, 0.25) is 0 Å². The molecule has 1 amide bonds. The van der Waals surface area contributed by atoms with Crippen LogP contribution in [0.15, 0.2) is 42.9 Å². The Morgan fingerprint density at radius 2 is 2.07 bits per heavy atom. The molecule has 1 N–H and O–H groups in total. The van der Waals surface area contributed by atoms with Crippen molar-refractivity contribution in [3.05, 3.63) is 65.0 Å². The molecule has 0 saturated carbocycles. The zero-order chi connectivity index (χ0) is 20.4. The van der Waals surface area contributed by atoms with Gasteiger partial charge in [-0.2, -0.15) is 0 Å². The van der Waals surface area contributed by atoms with Gasteiger partial charge in [0.05, 0.1) is 12.7 Å². The number of halogens is 1. The number of rotatable bonds is 5. The molecule has 0 radical (unpaired) electrons. The van der Waals surface area contributed by atoms with Crippen LogP contribution < -0.4 is 0 Å².